The molecule has 0 aliphatic heterocycles. The monoisotopic (exact) mass is 247 g/mol. The number of nitrogens with zero attached hydrogens (tertiary/aromatic N) is 1. The van der Waals surface area contributed by atoms with E-state index in [9.17, 15) is 9.59 Å². The fourth-order valence-electron chi connectivity index (χ4n) is 1.34. The molecule has 0 spiro atoms. The van der Waals surface area contributed by atoms with Gasteiger partial charge in [0.15, 0.2) is 0 Å². The Balaban J connectivity index is 2.71. The summed E-state index contributed by atoms with van der Waals surface area (Å²) < 4.78 is 0. The Hall–Kier alpha value is -2.55. The Morgan fingerprint density at radius 1 is 1.44 bits per heavy atom. The molecule has 0 saturated carbocycles. The quantitative estimate of drug-likeness (QED) is 0.750. The summed E-state index contributed by atoms with van der Waals surface area (Å²) in [7, 11) is 0. The van der Waals surface area contributed by atoms with Crippen LogP contribution < -0.4 is 10.6 Å². The molecule has 0 saturated heterocycles. The van der Waals surface area contributed by atoms with Crippen molar-refractivity contribution in [2.24, 2.45) is 0 Å². The molecule has 2 amide bonds. The Morgan fingerprint density at radius 2 is 2.11 bits per heavy atom. The third-order valence-electron chi connectivity index (χ3n) is 2.31. The van der Waals surface area contributed by atoms with Gasteiger partial charge < -0.3 is 15.7 Å². The van der Waals surface area contributed by atoms with E-state index in [1.54, 1.807) is 31.2 Å². The maximum Gasteiger partial charge on any atom is 0.326 e. The Labute approximate surface area is 104 Å². The molecule has 0 aliphatic carbocycles. The van der Waals surface area contributed by atoms with Gasteiger partial charge in [-0.05, 0) is 18.6 Å². The van der Waals surface area contributed by atoms with Gasteiger partial charge in [0.2, 0.25) is 0 Å². The molecule has 0 bridgehead atoms. The van der Waals surface area contributed by atoms with Crippen LogP contribution in [0.25, 0.3) is 0 Å². The van der Waals surface area contributed by atoms with Gasteiger partial charge in [0.05, 0.1) is 11.3 Å². The smallest absolute Gasteiger partial charge is 0.326 e. The van der Waals surface area contributed by atoms with Crippen molar-refractivity contribution in [1.82, 2.24) is 5.32 Å². The Bertz CT molecular complexity index is 494. The lowest BCUT2D eigenvalue weighted by molar-refractivity contribution is -0.139. The number of nitrogens with one attached hydrogen (secondary N) is 2. The van der Waals surface area contributed by atoms with E-state index in [1.165, 1.54) is 0 Å². The first-order valence-corrected chi connectivity index (χ1v) is 5.38. The molecule has 0 radical (unpaired) electrons. The summed E-state index contributed by atoms with van der Waals surface area (Å²) in [4.78, 5) is 22.3. The fourth-order valence-corrected chi connectivity index (χ4v) is 1.34. The molecule has 94 valence electrons. The number of benzene rings is 1. The number of carboxylic acids is 1. The van der Waals surface area contributed by atoms with E-state index < -0.39 is 18.0 Å². The summed E-state index contributed by atoms with van der Waals surface area (Å²) in [5.74, 6) is -1.10. The highest BCUT2D eigenvalue weighted by atomic mass is 16.4. The molecule has 6 heteroatoms. The lowest BCUT2D eigenvalue weighted by atomic mass is 10.2. The molecule has 0 aliphatic rings. The van der Waals surface area contributed by atoms with Crippen LogP contribution in [0.4, 0.5) is 10.5 Å². The van der Waals surface area contributed by atoms with Crippen molar-refractivity contribution >= 4 is 17.7 Å². The molecule has 18 heavy (non-hydrogen) atoms. The number of hydrogen-bond acceptors (Lipinski definition) is 3. The maximum atomic E-state index is 11.6. The number of carbonyl (C=O) groups excluding carboxylic acids is 1. The topological polar surface area (TPSA) is 102 Å². The highest BCUT2D eigenvalue weighted by Gasteiger charge is 2.17. The van der Waals surface area contributed by atoms with Crippen LogP contribution in [0.15, 0.2) is 24.3 Å². The minimum absolute atomic E-state index is 0.280. The van der Waals surface area contributed by atoms with E-state index in [2.05, 4.69) is 10.6 Å². The van der Waals surface area contributed by atoms with Crippen LogP contribution in [0.3, 0.4) is 0 Å². The zero-order valence-electron chi connectivity index (χ0n) is 9.80. The van der Waals surface area contributed by atoms with Gasteiger partial charge >= 0.3 is 12.0 Å². The first-order valence-electron chi connectivity index (χ1n) is 5.38. The van der Waals surface area contributed by atoms with Crippen LogP contribution in [0.2, 0.25) is 0 Å². The van der Waals surface area contributed by atoms with Crippen molar-refractivity contribution < 1.29 is 14.7 Å². The van der Waals surface area contributed by atoms with E-state index in [1.807, 2.05) is 6.07 Å². The van der Waals surface area contributed by atoms with Gasteiger partial charge in [0.25, 0.3) is 0 Å². The van der Waals surface area contributed by atoms with Crippen LogP contribution in [0.5, 0.6) is 0 Å². The molecule has 0 fully saturated rings. The third kappa shape index (κ3) is 3.49. The molecule has 1 unspecified atom stereocenters. The van der Waals surface area contributed by atoms with E-state index in [0.717, 1.165) is 0 Å². The van der Waals surface area contributed by atoms with Gasteiger partial charge in [-0.15, -0.1) is 0 Å². The highest BCUT2D eigenvalue weighted by molar-refractivity contribution is 5.93. The second kappa shape index (κ2) is 6.25. The van der Waals surface area contributed by atoms with Crippen LogP contribution in [-0.4, -0.2) is 23.1 Å². The van der Waals surface area contributed by atoms with Crippen molar-refractivity contribution in [3.63, 3.8) is 0 Å². The number of urea groups is 1. The average Bonchev–Trinajstić information content (AvgIpc) is 2.36. The van der Waals surface area contributed by atoms with Crippen LogP contribution in [0, 0.1) is 11.3 Å². The number of carbonyl (C=O) groups is 2. The summed E-state index contributed by atoms with van der Waals surface area (Å²) in [6.07, 6.45) is 0.280. The van der Waals surface area contributed by atoms with Crippen molar-refractivity contribution in [2.75, 3.05) is 5.32 Å². The molecule has 6 nitrogen and oxygen atoms in total. The lowest BCUT2D eigenvalue weighted by Crippen LogP contribution is -2.42. The average molecular weight is 247 g/mol. The van der Waals surface area contributed by atoms with E-state index in [4.69, 9.17) is 10.4 Å². The lowest BCUT2D eigenvalue weighted by Gasteiger charge is -2.13. The number of amides is 2. The van der Waals surface area contributed by atoms with Gasteiger partial charge in [-0.2, -0.15) is 5.26 Å². The van der Waals surface area contributed by atoms with E-state index in [0.29, 0.717) is 11.3 Å². The molecule has 1 aromatic rings. The number of carboxylic acid groups (broad SMARTS) is 1. The van der Waals surface area contributed by atoms with Gasteiger partial charge in [-0.25, -0.2) is 9.59 Å². The molecule has 1 aromatic carbocycles. The van der Waals surface area contributed by atoms with Gasteiger partial charge in [0, 0.05) is 0 Å². The van der Waals surface area contributed by atoms with Gasteiger partial charge in [0.1, 0.15) is 12.1 Å². The van der Waals surface area contributed by atoms with Crippen molar-refractivity contribution in [3.8, 4) is 6.07 Å². The summed E-state index contributed by atoms with van der Waals surface area (Å²) in [5, 5.41) is 22.4. The first-order chi connectivity index (χ1) is 8.58. The molecular formula is C12H13N3O3. The predicted molar refractivity (Wildman–Crippen MR) is 65.0 cm³/mol. The number of nitriles is 1. The second-order valence-electron chi connectivity index (χ2n) is 3.55. The maximum absolute atomic E-state index is 11.6. The number of hydrogen-bond donors (Lipinski definition) is 3. The highest BCUT2D eigenvalue weighted by Crippen LogP contribution is 2.13. The largest absolute Gasteiger partial charge is 0.480 e. The number of para-hydroxylation sites is 1. The summed E-state index contributed by atoms with van der Waals surface area (Å²) in [5.41, 5.74) is 0.661. The minimum Gasteiger partial charge on any atom is -0.480 e. The van der Waals surface area contributed by atoms with Crippen molar-refractivity contribution in [2.45, 2.75) is 19.4 Å². The van der Waals surface area contributed by atoms with E-state index >= 15 is 0 Å². The predicted octanol–water partition coefficient (Wildman–Crippen LogP) is 1.54. The van der Waals surface area contributed by atoms with Gasteiger partial charge in [-0.1, -0.05) is 19.1 Å². The summed E-state index contributed by atoms with van der Waals surface area (Å²) in [6, 6.07) is 6.82. The third-order valence-corrected chi connectivity index (χ3v) is 2.31. The number of anilines is 1. The standard InChI is InChI=1S/C12H13N3O3/c1-2-9(11(16)17)14-12(18)15-10-6-4-3-5-8(10)7-13/h3-6,9H,2H2,1H3,(H,16,17)(H2,14,15,18). The summed E-state index contributed by atoms with van der Waals surface area (Å²) in [6.45, 7) is 1.66. The molecular weight excluding hydrogens is 234 g/mol. The fraction of sp³-hybridized carbons (Fsp3) is 0.250. The minimum atomic E-state index is -1.10. The number of rotatable bonds is 4. The Morgan fingerprint density at radius 3 is 2.67 bits per heavy atom. The van der Waals surface area contributed by atoms with Crippen molar-refractivity contribution in [3.05, 3.63) is 29.8 Å². The molecule has 0 heterocycles. The van der Waals surface area contributed by atoms with E-state index in [-0.39, 0.29) is 6.42 Å². The van der Waals surface area contributed by atoms with Crippen LogP contribution >= 0.6 is 0 Å². The normalized spacial score (nSPS) is 11.1. The zero-order chi connectivity index (χ0) is 13.5. The molecule has 1 atom stereocenters. The van der Waals surface area contributed by atoms with Crippen LogP contribution in [-0.2, 0) is 4.79 Å². The molecule has 0 aromatic heterocycles. The second-order valence-corrected chi connectivity index (χ2v) is 3.55. The number of aliphatic carboxylic acids is 1. The van der Waals surface area contributed by atoms with Crippen molar-refractivity contribution in [1.29, 1.82) is 5.26 Å². The van der Waals surface area contributed by atoms with Gasteiger partial charge in [-0.3, -0.25) is 0 Å². The first kappa shape index (κ1) is 13.5. The summed E-state index contributed by atoms with van der Waals surface area (Å²) >= 11 is 0. The molecule has 3 N–H and O–H groups in total. The Kier molecular flexibility index (Phi) is 4.69. The van der Waals surface area contributed by atoms with Crippen LogP contribution in [0.1, 0.15) is 18.9 Å². The molecule has 1 rings (SSSR count). The SMILES string of the molecule is CCC(NC(=O)Nc1ccccc1C#N)C(=O)O. The zero-order valence-corrected chi connectivity index (χ0v) is 9.80.